The highest BCUT2D eigenvalue weighted by Gasteiger charge is 2.05. The highest BCUT2D eigenvalue weighted by Crippen LogP contribution is 1.94. The minimum absolute atomic E-state index is 0.171. The van der Waals surface area contributed by atoms with E-state index in [0.29, 0.717) is 5.92 Å². The van der Waals surface area contributed by atoms with Crippen LogP contribution in [0.3, 0.4) is 0 Å². The Morgan fingerprint density at radius 1 is 1.55 bits per heavy atom. The van der Waals surface area contributed by atoms with Gasteiger partial charge in [0, 0.05) is 6.54 Å². The molecule has 0 saturated heterocycles. The fourth-order valence-electron chi connectivity index (χ4n) is 0.695. The van der Waals surface area contributed by atoms with E-state index in [1.807, 2.05) is 6.92 Å². The first kappa shape index (κ1) is 10.4. The van der Waals surface area contributed by atoms with Gasteiger partial charge in [0.1, 0.15) is 0 Å². The van der Waals surface area contributed by atoms with Crippen LogP contribution in [0.1, 0.15) is 27.2 Å². The van der Waals surface area contributed by atoms with Crippen molar-refractivity contribution in [2.45, 2.75) is 33.4 Å². The summed E-state index contributed by atoms with van der Waals surface area (Å²) in [7, 11) is 0. The molecule has 1 N–H and O–H groups in total. The largest absolute Gasteiger partial charge is 0.438 e. The third-order valence-electron chi connectivity index (χ3n) is 1.31. The Balaban J connectivity index is 3.43. The lowest BCUT2D eigenvalue weighted by Crippen LogP contribution is -2.33. The molecule has 0 bridgehead atoms. The molecular weight excluding hydrogens is 142 g/mol. The summed E-state index contributed by atoms with van der Waals surface area (Å²) < 4.78 is 4.62. The topological polar surface area (TPSA) is 38.3 Å². The van der Waals surface area contributed by atoms with Gasteiger partial charge in [-0.3, -0.25) is 5.32 Å². The second-order valence-electron chi connectivity index (χ2n) is 2.90. The second kappa shape index (κ2) is 6.16. The van der Waals surface area contributed by atoms with Gasteiger partial charge in [-0.15, -0.1) is 0 Å². The van der Waals surface area contributed by atoms with Crippen LogP contribution in [0.15, 0.2) is 0 Å². The summed E-state index contributed by atoms with van der Waals surface area (Å²) >= 11 is 0. The Morgan fingerprint density at radius 3 is 2.55 bits per heavy atom. The van der Waals surface area contributed by atoms with Gasteiger partial charge in [-0.1, -0.05) is 20.8 Å². The Morgan fingerprint density at radius 2 is 2.18 bits per heavy atom. The monoisotopic (exact) mass is 158 g/mol. The molecule has 11 heavy (non-hydrogen) atoms. The third-order valence-corrected chi connectivity index (χ3v) is 1.31. The van der Waals surface area contributed by atoms with E-state index in [9.17, 15) is 4.79 Å². The number of hydrogen-bond acceptors (Lipinski definition) is 3. The van der Waals surface area contributed by atoms with Gasteiger partial charge >= 0.3 is 6.47 Å². The maximum absolute atomic E-state index is 9.83. The molecule has 0 saturated carbocycles. The van der Waals surface area contributed by atoms with Crippen molar-refractivity contribution in [1.29, 1.82) is 0 Å². The predicted octanol–water partition coefficient (Wildman–Crippen LogP) is 1.05. The molecule has 0 fully saturated rings. The first-order valence-corrected chi connectivity index (χ1v) is 3.96. The first-order chi connectivity index (χ1) is 5.20. The van der Waals surface area contributed by atoms with E-state index in [0.717, 1.165) is 13.0 Å². The van der Waals surface area contributed by atoms with Gasteiger partial charge in [0.2, 0.25) is 0 Å². The number of rotatable bonds is 6. The molecule has 0 aromatic rings. The second-order valence-corrected chi connectivity index (χ2v) is 2.90. The van der Waals surface area contributed by atoms with E-state index in [-0.39, 0.29) is 6.23 Å². The standard InChI is InChI=1S/C8H16NO2/c1-4-8(11-6-10)9-5-7(2)3/h7-9H,4-5H2,1-3H3. The lowest BCUT2D eigenvalue weighted by atomic mass is 10.2. The van der Waals surface area contributed by atoms with Gasteiger partial charge in [-0.25, -0.2) is 4.79 Å². The van der Waals surface area contributed by atoms with Gasteiger partial charge in [-0.2, -0.15) is 0 Å². The van der Waals surface area contributed by atoms with Crippen LogP contribution in [0, 0.1) is 5.92 Å². The molecule has 3 nitrogen and oxygen atoms in total. The van der Waals surface area contributed by atoms with Gasteiger partial charge in [0.25, 0.3) is 0 Å². The van der Waals surface area contributed by atoms with Gasteiger partial charge in [0.15, 0.2) is 6.23 Å². The van der Waals surface area contributed by atoms with Crippen LogP contribution in [0.2, 0.25) is 0 Å². The molecule has 3 heteroatoms. The maximum atomic E-state index is 9.83. The molecule has 0 aromatic carbocycles. The van der Waals surface area contributed by atoms with E-state index in [1.165, 1.54) is 6.47 Å². The Kier molecular flexibility index (Phi) is 5.84. The van der Waals surface area contributed by atoms with Crippen molar-refractivity contribution < 1.29 is 9.53 Å². The molecule has 0 aliphatic carbocycles. The van der Waals surface area contributed by atoms with Crippen molar-refractivity contribution in [3.05, 3.63) is 0 Å². The van der Waals surface area contributed by atoms with Gasteiger partial charge in [-0.05, 0) is 12.3 Å². The van der Waals surface area contributed by atoms with E-state index >= 15 is 0 Å². The molecule has 0 aliphatic heterocycles. The smallest absolute Gasteiger partial charge is 0.419 e. The summed E-state index contributed by atoms with van der Waals surface area (Å²) in [5.74, 6) is 0.569. The molecule has 0 heterocycles. The molecular formula is C8H16NO2. The van der Waals surface area contributed by atoms with Crippen LogP contribution >= 0.6 is 0 Å². The van der Waals surface area contributed by atoms with E-state index in [2.05, 4.69) is 23.9 Å². The minimum Gasteiger partial charge on any atom is -0.438 e. The van der Waals surface area contributed by atoms with Crippen LogP contribution in [0.4, 0.5) is 0 Å². The zero-order valence-electron chi connectivity index (χ0n) is 7.39. The quantitative estimate of drug-likeness (QED) is 0.587. The van der Waals surface area contributed by atoms with Crippen LogP contribution in [-0.4, -0.2) is 19.2 Å². The summed E-state index contributed by atoms with van der Waals surface area (Å²) in [5.41, 5.74) is 0. The van der Waals surface area contributed by atoms with Crippen molar-refractivity contribution in [3.8, 4) is 0 Å². The highest BCUT2D eigenvalue weighted by atomic mass is 16.5. The maximum Gasteiger partial charge on any atom is 0.419 e. The molecule has 1 atom stereocenters. The van der Waals surface area contributed by atoms with E-state index in [4.69, 9.17) is 0 Å². The summed E-state index contributed by atoms with van der Waals surface area (Å²) in [6, 6.07) is 0. The molecule has 0 amide bonds. The summed E-state index contributed by atoms with van der Waals surface area (Å²) in [6.07, 6.45) is 0.608. The predicted molar refractivity (Wildman–Crippen MR) is 43.7 cm³/mol. The van der Waals surface area contributed by atoms with Crippen molar-refractivity contribution in [1.82, 2.24) is 5.32 Å². The number of hydrogen-bond donors (Lipinski definition) is 1. The summed E-state index contributed by atoms with van der Waals surface area (Å²) in [5, 5.41) is 3.09. The molecule has 1 radical (unpaired) electrons. The molecule has 65 valence electrons. The zero-order valence-corrected chi connectivity index (χ0v) is 7.39. The normalized spacial score (nSPS) is 13.1. The average molecular weight is 158 g/mol. The fourth-order valence-corrected chi connectivity index (χ4v) is 0.695. The summed E-state index contributed by atoms with van der Waals surface area (Å²) in [4.78, 5) is 9.83. The lowest BCUT2D eigenvalue weighted by molar-refractivity contribution is 0.134. The van der Waals surface area contributed by atoms with Crippen LogP contribution < -0.4 is 5.32 Å². The van der Waals surface area contributed by atoms with Crippen molar-refractivity contribution in [2.24, 2.45) is 5.92 Å². The van der Waals surface area contributed by atoms with Crippen molar-refractivity contribution >= 4 is 6.47 Å². The highest BCUT2D eigenvalue weighted by molar-refractivity contribution is 5.38. The summed E-state index contributed by atoms with van der Waals surface area (Å²) in [6.45, 7) is 8.45. The third kappa shape index (κ3) is 5.85. The fraction of sp³-hybridized carbons (Fsp3) is 0.875. The number of ether oxygens (including phenoxy) is 1. The Labute approximate surface area is 68.1 Å². The van der Waals surface area contributed by atoms with Crippen LogP contribution in [0.5, 0.6) is 0 Å². The zero-order chi connectivity index (χ0) is 8.69. The van der Waals surface area contributed by atoms with Gasteiger partial charge in [0.05, 0.1) is 0 Å². The molecule has 0 rings (SSSR count). The minimum atomic E-state index is -0.171. The molecule has 0 aromatic heterocycles. The number of nitrogens with one attached hydrogen (secondary N) is 1. The lowest BCUT2D eigenvalue weighted by Gasteiger charge is -2.15. The number of carbonyl (C=O) groups excluding carboxylic acids is 1. The van der Waals surface area contributed by atoms with E-state index in [1.54, 1.807) is 0 Å². The van der Waals surface area contributed by atoms with Crippen LogP contribution in [-0.2, 0) is 9.53 Å². The molecule has 1 unspecified atom stereocenters. The SMILES string of the molecule is CCC(NCC(C)C)O[C]=O. The first-order valence-electron chi connectivity index (χ1n) is 3.96. The Bertz CT molecular complexity index is 104. The average Bonchev–Trinajstić information content (AvgIpc) is 1.97. The van der Waals surface area contributed by atoms with Crippen molar-refractivity contribution in [3.63, 3.8) is 0 Å². The van der Waals surface area contributed by atoms with Crippen LogP contribution in [0.25, 0.3) is 0 Å². The molecule has 0 spiro atoms. The Hall–Kier alpha value is -0.570. The van der Waals surface area contributed by atoms with Crippen molar-refractivity contribution in [2.75, 3.05) is 6.54 Å². The molecule has 0 aliphatic rings. The van der Waals surface area contributed by atoms with E-state index < -0.39 is 0 Å². The van der Waals surface area contributed by atoms with Gasteiger partial charge < -0.3 is 4.74 Å².